The topological polar surface area (TPSA) is 78.5 Å². The Morgan fingerprint density at radius 1 is 1.47 bits per heavy atom. The lowest BCUT2D eigenvalue weighted by molar-refractivity contribution is 0.105. The van der Waals surface area contributed by atoms with Crippen LogP contribution < -0.4 is 5.32 Å². The van der Waals surface area contributed by atoms with Crippen molar-refractivity contribution in [1.29, 1.82) is 0 Å². The second-order valence-electron chi connectivity index (χ2n) is 3.21. The summed E-state index contributed by atoms with van der Waals surface area (Å²) in [4.78, 5) is 4.12. The number of aliphatic hydroxyl groups excluding tert-OH is 2. The zero-order chi connectivity index (χ0) is 10.7. The molecule has 2 rings (SSSR count). The van der Waals surface area contributed by atoms with Gasteiger partial charge in [0.15, 0.2) is 0 Å². The van der Waals surface area contributed by atoms with Gasteiger partial charge in [-0.1, -0.05) is 0 Å². The minimum absolute atomic E-state index is 0.258. The van der Waals surface area contributed by atoms with E-state index >= 15 is 0 Å². The van der Waals surface area contributed by atoms with Gasteiger partial charge in [-0.3, -0.25) is 0 Å². The monoisotopic (exact) mass is 208 g/mol. The van der Waals surface area contributed by atoms with E-state index in [1.54, 1.807) is 24.6 Å². The summed E-state index contributed by atoms with van der Waals surface area (Å²) >= 11 is 0. The van der Waals surface area contributed by atoms with Gasteiger partial charge in [-0.05, 0) is 12.1 Å². The van der Waals surface area contributed by atoms with Gasteiger partial charge in [0.05, 0.1) is 24.4 Å². The molecule has 5 heteroatoms. The highest BCUT2D eigenvalue weighted by Gasteiger charge is 2.06. The molecule has 0 saturated heterocycles. The van der Waals surface area contributed by atoms with Crippen molar-refractivity contribution >= 4 is 16.8 Å². The first kappa shape index (κ1) is 9.95. The SMILES string of the molecule is OCC(O)CNc1nccc2occc12. The van der Waals surface area contributed by atoms with Gasteiger partial charge in [0.1, 0.15) is 11.4 Å². The quantitative estimate of drug-likeness (QED) is 0.685. The van der Waals surface area contributed by atoms with E-state index in [2.05, 4.69) is 10.3 Å². The molecule has 0 aliphatic rings. The molecular formula is C10H12N2O3. The number of fused-ring (bicyclic) bond motifs is 1. The first-order valence-corrected chi connectivity index (χ1v) is 4.66. The molecule has 5 nitrogen and oxygen atoms in total. The fraction of sp³-hybridized carbons (Fsp3) is 0.300. The summed E-state index contributed by atoms with van der Waals surface area (Å²) in [6.07, 6.45) is 2.42. The Kier molecular flexibility index (Phi) is 2.84. The highest BCUT2D eigenvalue weighted by atomic mass is 16.3. The third-order valence-electron chi connectivity index (χ3n) is 2.10. The van der Waals surface area contributed by atoms with Crippen LogP contribution in [0.2, 0.25) is 0 Å². The number of furan rings is 1. The number of pyridine rings is 1. The molecule has 1 atom stereocenters. The summed E-state index contributed by atoms with van der Waals surface area (Å²) in [5.41, 5.74) is 0.742. The lowest BCUT2D eigenvalue weighted by atomic mass is 10.3. The fourth-order valence-electron chi connectivity index (χ4n) is 1.31. The number of anilines is 1. The van der Waals surface area contributed by atoms with E-state index in [0.717, 1.165) is 11.0 Å². The molecule has 2 aromatic rings. The van der Waals surface area contributed by atoms with Crippen molar-refractivity contribution in [3.63, 3.8) is 0 Å². The Bertz CT molecular complexity index is 441. The average molecular weight is 208 g/mol. The molecule has 2 heterocycles. The first-order valence-electron chi connectivity index (χ1n) is 4.66. The number of hydrogen-bond acceptors (Lipinski definition) is 5. The molecule has 0 radical (unpaired) electrons. The van der Waals surface area contributed by atoms with Crippen LogP contribution in [0.5, 0.6) is 0 Å². The number of hydrogen-bond donors (Lipinski definition) is 3. The highest BCUT2D eigenvalue weighted by molar-refractivity contribution is 5.87. The molecule has 80 valence electrons. The Morgan fingerprint density at radius 3 is 3.13 bits per heavy atom. The van der Waals surface area contributed by atoms with Gasteiger partial charge in [-0.15, -0.1) is 0 Å². The van der Waals surface area contributed by atoms with Crippen molar-refractivity contribution in [2.45, 2.75) is 6.10 Å². The summed E-state index contributed by atoms with van der Waals surface area (Å²) in [5.74, 6) is 0.647. The van der Waals surface area contributed by atoms with Crippen molar-refractivity contribution in [3.05, 3.63) is 24.6 Å². The smallest absolute Gasteiger partial charge is 0.139 e. The van der Waals surface area contributed by atoms with Crippen LogP contribution in [0.25, 0.3) is 11.0 Å². The maximum Gasteiger partial charge on any atom is 0.139 e. The lowest BCUT2D eigenvalue weighted by Crippen LogP contribution is -2.23. The number of aromatic nitrogens is 1. The van der Waals surface area contributed by atoms with Gasteiger partial charge in [0, 0.05) is 12.7 Å². The van der Waals surface area contributed by atoms with Gasteiger partial charge >= 0.3 is 0 Å². The third kappa shape index (κ3) is 2.08. The molecule has 3 N–H and O–H groups in total. The van der Waals surface area contributed by atoms with Crippen LogP contribution in [-0.4, -0.2) is 34.5 Å². The number of nitrogens with one attached hydrogen (secondary N) is 1. The first-order chi connectivity index (χ1) is 7.31. The minimum atomic E-state index is -0.783. The third-order valence-corrected chi connectivity index (χ3v) is 2.10. The van der Waals surface area contributed by atoms with E-state index in [-0.39, 0.29) is 13.2 Å². The van der Waals surface area contributed by atoms with Gasteiger partial charge in [0.2, 0.25) is 0 Å². The van der Waals surface area contributed by atoms with Crippen molar-refractivity contribution in [1.82, 2.24) is 4.98 Å². The zero-order valence-corrected chi connectivity index (χ0v) is 8.05. The van der Waals surface area contributed by atoms with Crippen LogP contribution in [0, 0.1) is 0 Å². The van der Waals surface area contributed by atoms with Crippen LogP contribution in [0.1, 0.15) is 0 Å². The molecule has 0 amide bonds. The predicted octanol–water partition coefficient (Wildman–Crippen LogP) is 0.593. The van der Waals surface area contributed by atoms with Gasteiger partial charge in [-0.25, -0.2) is 4.98 Å². The Balaban J connectivity index is 2.17. The molecule has 0 saturated carbocycles. The number of aliphatic hydroxyl groups is 2. The molecule has 0 bridgehead atoms. The van der Waals surface area contributed by atoms with Crippen molar-refractivity contribution in [2.24, 2.45) is 0 Å². The summed E-state index contributed by atoms with van der Waals surface area (Å²) in [5, 5.41) is 21.6. The van der Waals surface area contributed by atoms with Crippen LogP contribution in [-0.2, 0) is 0 Å². The fourth-order valence-corrected chi connectivity index (χ4v) is 1.31. The van der Waals surface area contributed by atoms with E-state index in [1.165, 1.54) is 0 Å². The van der Waals surface area contributed by atoms with Gasteiger partial charge in [-0.2, -0.15) is 0 Å². The summed E-state index contributed by atoms with van der Waals surface area (Å²) in [6.45, 7) is -0.0117. The predicted molar refractivity (Wildman–Crippen MR) is 55.6 cm³/mol. The van der Waals surface area contributed by atoms with Gasteiger partial charge in [0.25, 0.3) is 0 Å². The minimum Gasteiger partial charge on any atom is -0.464 e. The van der Waals surface area contributed by atoms with Crippen LogP contribution >= 0.6 is 0 Å². The Hall–Kier alpha value is -1.59. The number of nitrogens with zero attached hydrogens (tertiary/aromatic N) is 1. The molecule has 0 aliphatic heterocycles. The average Bonchev–Trinajstić information content (AvgIpc) is 2.74. The summed E-state index contributed by atoms with van der Waals surface area (Å²) < 4.78 is 5.20. The molecule has 1 unspecified atom stereocenters. The van der Waals surface area contributed by atoms with Crippen LogP contribution in [0.3, 0.4) is 0 Å². The molecule has 0 spiro atoms. The highest BCUT2D eigenvalue weighted by Crippen LogP contribution is 2.21. The molecule has 0 aliphatic carbocycles. The van der Waals surface area contributed by atoms with Crippen molar-refractivity contribution < 1.29 is 14.6 Å². The largest absolute Gasteiger partial charge is 0.464 e. The summed E-state index contributed by atoms with van der Waals surface area (Å²) in [6, 6.07) is 3.57. The van der Waals surface area contributed by atoms with Crippen molar-refractivity contribution in [2.75, 3.05) is 18.5 Å². The normalized spacial score (nSPS) is 12.9. The number of rotatable bonds is 4. The second kappa shape index (κ2) is 4.29. The molecule has 0 fully saturated rings. The lowest BCUT2D eigenvalue weighted by Gasteiger charge is -2.09. The Morgan fingerprint density at radius 2 is 2.33 bits per heavy atom. The van der Waals surface area contributed by atoms with E-state index in [4.69, 9.17) is 9.52 Å². The standard InChI is InChI=1S/C10H12N2O3/c13-6-7(14)5-12-10-8-2-4-15-9(8)1-3-11-10/h1-4,7,13-14H,5-6H2,(H,11,12). The molecule has 15 heavy (non-hydrogen) atoms. The maximum absolute atomic E-state index is 9.18. The van der Waals surface area contributed by atoms with E-state index in [9.17, 15) is 5.11 Å². The summed E-state index contributed by atoms with van der Waals surface area (Å²) in [7, 11) is 0. The van der Waals surface area contributed by atoms with E-state index in [0.29, 0.717) is 5.82 Å². The Labute approximate surface area is 86.4 Å². The molecule has 2 aromatic heterocycles. The van der Waals surface area contributed by atoms with Crippen LogP contribution in [0.4, 0.5) is 5.82 Å². The maximum atomic E-state index is 9.18. The van der Waals surface area contributed by atoms with Crippen molar-refractivity contribution in [3.8, 4) is 0 Å². The molecular weight excluding hydrogens is 196 g/mol. The van der Waals surface area contributed by atoms with Crippen LogP contribution in [0.15, 0.2) is 29.0 Å². The second-order valence-corrected chi connectivity index (χ2v) is 3.21. The molecule has 0 aromatic carbocycles. The van der Waals surface area contributed by atoms with E-state index in [1.807, 2.05) is 0 Å². The van der Waals surface area contributed by atoms with Gasteiger partial charge < -0.3 is 19.9 Å². The van der Waals surface area contributed by atoms with E-state index < -0.39 is 6.10 Å². The zero-order valence-electron chi connectivity index (χ0n) is 8.05.